The molecule has 2 aromatic carbocycles. The quantitative estimate of drug-likeness (QED) is 0.727. The number of benzene rings is 2. The third-order valence-corrected chi connectivity index (χ3v) is 4.46. The number of nitrogens with zero attached hydrogens (tertiary/aromatic N) is 1. The van der Waals surface area contributed by atoms with Gasteiger partial charge in [-0.15, -0.1) is 0 Å². The maximum absolute atomic E-state index is 12.3. The van der Waals surface area contributed by atoms with E-state index in [1.54, 1.807) is 29.2 Å². The van der Waals surface area contributed by atoms with Crippen molar-refractivity contribution in [3.63, 3.8) is 0 Å². The molecule has 1 aliphatic rings. The van der Waals surface area contributed by atoms with Crippen molar-refractivity contribution in [1.82, 2.24) is 10.6 Å². The highest BCUT2D eigenvalue weighted by molar-refractivity contribution is 5.95. The van der Waals surface area contributed by atoms with Crippen LogP contribution in [0.25, 0.3) is 0 Å². The molecule has 1 fully saturated rings. The zero-order valence-corrected chi connectivity index (χ0v) is 14.9. The van der Waals surface area contributed by atoms with E-state index >= 15 is 0 Å². The molecular weight excluding hydrogens is 344 g/mol. The Morgan fingerprint density at radius 2 is 1.52 bits per heavy atom. The van der Waals surface area contributed by atoms with Gasteiger partial charge in [-0.05, 0) is 41.8 Å². The summed E-state index contributed by atoms with van der Waals surface area (Å²) < 4.78 is 0. The second kappa shape index (κ2) is 8.35. The second-order valence-electron chi connectivity index (χ2n) is 6.41. The number of primary amides is 1. The number of hydrogen-bond acceptors (Lipinski definition) is 3. The lowest BCUT2D eigenvalue weighted by molar-refractivity contribution is -0.117. The summed E-state index contributed by atoms with van der Waals surface area (Å²) in [6, 6.07) is 14.0. The van der Waals surface area contributed by atoms with Crippen LogP contribution in [0.3, 0.4) is 0 Å². The van der Waals surface area contributed by atoms with Gasteiger partial charge < -0.3 is 21.3 Å². The van der Waals surface area contributed by atoms with Crippen LogP contribution in [0, 0.1) is 0 Å². The summed E-state index contributed by atoms with van der Waals surface area (Å²) in [5.41, 5.74) is 8.28. The molecule has 0 saturated carbocycles. The van der Waals surface area contributed by atoms with E-state index < -0.39 is 6.03 Å². The van der Waals surface area contributed by atoms with Gasteiger partial charge in [0.15, 0.2) is 0 Å². The van der Waals surface area contributed by atoms with Gasteiger partial charge in [0, 0.05) is 37.3 Å². The molecule has 1 heterocycles. The topological polar surface area (TPSA) is 105 Å². The largest absolute Gasteiger partial charge is 0.352 e. The van der Waals surface area contributed by atoms with Gasteiger partial charge in [-0.25, -0.2) is 4.79 Å². The molecule has 7 nitrogen and oxygen atoms in total. The summed E-state index contributed by atoms with van der Waals surface area (Å²) in [6.07, 6.45) is 1.50. The third kappa shape index (κ3) is 4.84. The SMILES string of the molecule is NC(=O)NCc1ccc(C(=O)NCc2ccc(N3CCCC3=O)cc2)cc1. The Balaban J connectivity index is 1.52. The number of carbonyl (C=O) groups is 3. The molecule has 140 valence electrons. The van der Waals surface area contributed by atoms with E-state index in [4.69, 9.17) is 5.73 Å². The monoisotopic (exact) mass is 366 g/mol. The van der Waals surface area contributed by atoms with Crippen LogP contribution in [0.4, 0.5) is 10.5 Å². The fraction of sp³-hybridized carbons (Fsp3) is 0.250. The summed E-state index contributed by atoms with van der Waals surface area (Å²) in [4.78, 5) is 36.5. The van der Waals surface area contributed by atoms with Crippen LogP contribution in [0.5, 0.6) is 0 Å². The van der Waals surface area contributed by atoms with Crippen molar-refractivity contribution in [2.24, 2.45) is 5.73 Å². The molecule has 7 heteroatoms. The highest BCUT2D eigenvalue weighted by Gasteiger charge is 2.21. The van der Waals surface area contributed by atoms with Crippen molar-refractivity contribution in [2.45, 2.75) is 25.9 Å². The fourth-order valence-corrected chi connectivity index (χ4v) is 2.96. The Kier molecular flexibility index (Phi) is 5.71. The van der Waals surface area contributed by atoms with Gasteiger partial charge >= 0.3 is 6.03 Å². The average Bonchev–Trinajstić information content (AvgIpc) is 3.11. The predicted octanol–water partition coefficient (Wildman–Crippen LogP) is 1.91. The molecule has 0 bridgehead atoms. The first-order chi connectivity index (χ1) is 13.0. The van der Waals surface area contributed by atoms with Crippen molar-refractivity contribution in [3.05, 3.63) is 65.2 Å². The molecule has 4 amide bonds. The standard InChI is InChI=1S/C20H22N4O3/c21-20(27)23-13-14-3-7-16(8-4-14)19(26)22-12-15-5-9-17(10-6-15)24-11-1-2-18(24)25/h3-10H,1-2,11-13H2,(H,22,26)(H3,21,23,27). The number of hydrogen-bond donors (Lipinski definition) is 3. The molecule has 0 aromatic heterocycles. The van der Waals surface area contributed by atoms with Crippen LogP contribution in [0.1, 0.15) is 34.3 Å². The summed E-state index contributed by atoms with van der Waals surface area (Å²) in [6.45, 7) is 1.49. The Morgan fingerprint density at radius 1 is 0.926 bits per heavy atom. The number of nitrogens with two attached hydrogens (primary N) is 1. The molecule has 4 N–H and O–H groups in total. The predicted molar refractivity (Wildman–Crippen MR) is 102 cm³/mol. The molecule has 0 spiro atoms. The van der Waals surface area contributed by atoms with E-state index in [1.807, 2.05) is 24.3 Å². The van der Waals surface area contributed by atoms with E-state index in [0.29, 0.717) is 25.1 Å². The number of nitrogens with one attached hydrogen (secondary N) is 2. The normalized spacial score (nSPS) is 13.5. The minimum absolute atomic E-state index is 0.158. The van der Waals surface area contributed by atoms with Crippen LogP contribution >= 0.6 is 0 Å². The smallest absolute Gasteiger partial charge is 0.312 e. The zero-order valence-electron chi connectivity index (χ0n) is 14.9. The van der Waals surface area contributed by atoms with E-state index in [1.165, 1.54) is 0 Å². The van der Waals surface area contributed by atoms with Crippen molar-refractivity contribution in [3.8, 4) is 0 Å². The Bertz CT molecular complexity index is 831. The third-order valence-electron chi connectivity index (χ3n) is 4.46. The minimum atomic E-state index is -0.586. The Morgan fingerprint density at radius 3 is 2.07 bits per heavy atom. The number of urea groups is 1. The van der Waals surface area contributed by atoms with E-state index in [-0.39, 0.29) is 11.8 Å². The maximum Gasteiger partial charge on any atom is 0.312 e. The molecule has 27 heavy (non-hydrogen) atoms. The lowest BCUT2D eigenvalue weighted by Gasteiger charge is -2.16. The van der Waals surface area contributed by atoms with Gasteiger partial charge in [-0.1, -0.05) is 24.3 Å². The summed E-state index contributed by atoms with van der Waals surface area (Å²) >= 11 is 0. The van der Waals surface area contributed by atoms with Gasteiger partial charge in [-0.2, -0.15) is 0 Å². The van der Waals surface area contributed by atoms with Gasteiger partial charge in [0.1, 0.15) is 0 Å². The van der Waals surface area contributed by atoms with Crippen LogP contribution in [0.15, 0.2) is 48.5 Å². The van der Waals surface area contributed by atoms with Crippen LogP contribution in [0.2, 0.25) is 0 Å². The minimum Gasteiger partial charge on any atom is -0.352 e. The van der Waals surface area contributed by atoms with Gasteiger partial charge in [0.25, 0.3) is 5.91 Å². The maximum atomic E-state index is 12.3. The number of anilines is 1. The number of carbonyl (C=O) groups excluding carboxylic acids is 3. The molecule has 1 saturated heterocycles. The molecule has 0 radical (unpaired) electrons. The van der Waals surface area contributed by atoms with Crippen molar-refractivity contribution >= 4 is 23.5 Å². The lowest BCUT2D eigenvalue weighted by atomic mass is 10.1. The van der Waals surface area contributed by atoms with Gasteiger partial charge in [0.2, 0.25) is 5.91 Å². The summed E-state index contributed by atoms with van der Waals surface area (Å²) in [7, 11) is 0. The highest BCUT2D eigenvalue weighted by Crippen LogP contribution is 2.21. The first kappa shape index (κ1) is 18.4. The summed E-state index contributed by atoms with van der Waals surface area (Å²) in [5.74, 6) is -0.0197. The molecule has 0 aliphatic carbocycles. The average molecular weight is 366 g/mol. The van der Waals surface area contributed by atoms with E-state index in [0.717, 1.165) is 29.8 Å². The van der Waals surface area contributed by atoms with E-state index in [2.05, 4.69) is 10.6 Å². The lowest BCUT2D eigenvalue weighted by Crippen LogP contribution is -2.28. The number of amides is 4. The van der Waals surface area contributed by atoms with Crippen LogP contribution < -0.4 is 21.3 Å². The van der Waals surface area contributed by atoms with Gasteiger partial charge in [0.05, 0.1) is 0 Å². The van der Waals surface area contributed by atoms with Crippen molar-refractivity contribution in [2.75, 3.05) is 11.4 Å². The van der Waals surface area contributed by atoms with E-state index in [9.17, 15) is 14.4 Å². The Labute approximate surface area is 157 Å². The van der Waals surface area contributed by atoms with Crippen LogP contribution in [-0.2, 0) is 17.9 Å². The molecule has 0 atom stereocenters. The Hall–Kier alpha value is -3.35. The highest BCUT2D eigenvalue weighted by atomic mass is 16.2. The first-order valence-corrected chi connectivity index (χ1v) is 8.82. The van der Waals surface area contributed by atoms with Crippen molar-refractivity contribution < 1.29 is 14.4 Å². The molecule has 2 aromatic rings. The molecular formula is C20H22N4O3. The summed E-state index contributed by atoms with van der Waals surface area (Å²) in [5, 5.41) is 5.37. The molecule has 0 unspecified atom stereocenters. The second-order valence-corrected chi connectivity index (χ2v) is 6.41. The van der Waals surface area contributed by atoms with Gasteiger partial charge in [-0.3, -0.25) is 9.59 Å². The van der Waals surface area contributed by atoms with Crippen molar-refractivity contribution in [1.29, 1.82) is 0 Å². The molecule has 1 aliphatic heterocycles. The first-order valence-electron chi connectivity index (χ1n) is 8.82. The fourth-order valence-electron chi connectivity index (χ4n) is 2.96. The van der Waals surface area contributed by atoms with Crippen LogP contribution in [-0.4, -0.2) is 24.4 Å². The number of rotatable bonds is 6. The molecule has 3 rings (SSSR count). The zero-order chi connectivity index (χ0) is 19.2.